The third-order valence-corrected chi connectivity index (χ3v) is 4.98. The lowest BCUT2D eigenvalue weighted by Crippen LogP contribution is -2.56. The van der Waals surface area contributed by atoms with E-state index in [9.17, 15) is 13.2 Å². The largest absolute Gasteiger partial charge is 0.403 e. The van der Waals surface area contributed by atoms with Gasteiger partial charge in [0.25, 0.3) is 0 Å². The normalized spacial score (nSPS) is 17.4. The molecular weight excluding hydrogens is 383 g/mol. The molecule has 0 amide bonds. The maximum Gasteiger partial charge on any atom is 0.403 e. The van der Waals surface area contributed by atoms with Gasteiger partial charge in [-0.1, -0.05) is 35.5 Å². The molecule has 1 saturated heterocycles. The van der Waals surface area contributed by atoms with Crippen LogP contribution >= 0.6 is 0 Å². The van der Waals surface area contributed by atoms with Crippen molar-refractivity contribution in [3.05, 3.63) is 42.1 Å². The molecule has 1 aliphatic rings. The van der Waals surface area contributed by atoms with Crippen LogP contribution in [0.25, 0.3) is 11.3 Å². The third kappa shape index (κ3) is 5.50. The first-order chi connectivity index (χ1) is 13.9. The number of piperazine rings is 1. The number of guanidine groups is 1. The second-order valence-corrected chi connectivity index (χ2v) is 6.96. The predicted molar refractivity (Wildman–Crippen MR) is 105 cm³/mol. The summed E-state index contributed by atoms with van der Waals surface area (Å²) >= 11 is 0. The van der Waals surface area contributed by atoms with E-state index in [1.54, 1.807) is 0 Å². The molecule has 3 rings (SSSR count). The maximum atomic E-state index is 12.9. The number of aromatic nitrogens is 1. The van der Waals surface area contributed by atoms with E-state index in [0.29, 0.717) is 56.7 Å². The summed E-state index contributed by atoms with van der Waals surface area (Å²) in [6.45, 7) is 5.83. The van der Waals surface area contributed by atoms with Crippen molar-refractivity contribution >= 4 is 5.96 Å². The van der Waals surface area contributed by atoms with E-state index in [4.69, 9.17) is 4.52 Å². The summed E-state index contributed by atoms with van der Waals surface area (Å²) in [5, 5.41) is 7.28. The number of rotatable bonds is 5. The van der Waals surface area contributed by atoms with Crippen LogP contribution in [0.3, 0.4) is 0 Å². The molecule has 2 aromatic rings. The molecule has 0 saturated carbocycles. The molecule has 1 unspecified atom stereocenters. The van der Waals surface area contributed by atoms with Crippen molar-refractivity contribution in [1.29, 1.82) is 0 Å². The van der Waals surface area contributed by atoms with Crippen molar-refractivity contribution < 1.29 is 17.7 Å². The average molecular weight is 409 g/mol. The number of aliphatic imine (C=N–C) groups is 1. The summed E-state index contributed by atoms with van der Waals surface area (Å²) in [5.41, 5.74) is 1.64. The fraction of sp³-hybridized carbons (Fsp3) is 0.500. The van der Waals surface area contributed by atoms with E-state index in [0.717, 1.165) is 5.56 Å². The van der Waals surface area contributed by atoms with Gasteiger partial charge in [0, 0.05) is 44.4 Å². The summed E-state index contributed by atoms with van der Waals surface area (Å²) in [7, 11) is 0. The molecule has 0 spiro atoms. The Hall–Kier alpha value is -2.55. The second-order valence-electron chi connectivity index (χ2n) is 6.96. The van der Waals surface area contributed by atoms with E-state index < -0.39 is 12.2 Å². The van der Waals surface area contributed by atoms with Gasteiger partial charge in [0.2, 0.25) is 0 Å². The molecule has 6 nitrogen and oxygen atoms in total. The Morgan fingerprint density at radius 2 is 1.90 bits per heavy atom. The van der Waals surface area contributed by atoms with Gasteiger partial charge >= 0.3 is 6.18 Å². The lowest BCUT2D eigenvalue weighted by Gasteiger charge is -2.39. The molecule has 1 N–H and O–H groups in total. The van der Waals surface area contributed by atoms with Gasteiger partial charge in [0.05, 0.1) is 6.54 Å². The Morgan fingerprint density at radius 3 is 2.52 bits per heavy atom. The van der Waals surface area contributed by atoms with E-state index in [-0.39, 0.29) is 0 Å². The molecule has 1 aliphatic heterocycles. The first-order valence-electron chi connectivity index (χ1n) is 9.73. The van der Waals surface area contributed by atoms with Crippen LogP contribution in [0.5, 0.6) is 0 Å². The zero-order valence-corrected chi connectivity index (χ0v) is 16.6. The van der Waals surface area contributed by atoms with Crippen molar-refractivity contribution in [2.24, 2.45) is 4.99 Å². The van der Waals surface area contributed by atoms with Gasteiger partial charge in [-0.3, -0.25) is 4.90 Å². The molecule has 9 heteroatoms. The molecule has 0 bridgehead atoms. The molecule has 1 aromatic carbocycles. The van der Waals surface area contributed by atoms with Gasteiger partial charge in [0.15, 0.2) is 11.7 Å². The maximum absolute atomic E-state index is 12.9. The summed E-state index contributed by atoms with van der Waals surface area (Å²) in [5.74, 6) is 1.35. The quantitative estimate of drug-likeness (QED) is 0.606. The first kappa shape index (κ1) is 21.2. The Morgan fingerprint density at radius 1 is 1.21 bits per heavy atom. The van der Waals surface area contributed by atoms with Crippen LogP contribution in [-0.4, -0.2) is 65.9 Å². The van der Waals surface area contributed by atoms with Crippen LogP contribution in [-0.2, 0) is 6.54 Å². The Labute approximate surface area is 168 Å². The lowest BCUT2D eigenvalue weighted by atomic mass is 10.2. The van der Waals surface area contributed by atoms with Crippen molar-refractivity contribution in [1.82, 2.24) is 20.3 Å². The highest BCUT2D eigenvalue weighted by Gasteiger charge is 2.41. The Balaban J connectivity index is 1.62. The average Bonchev–Trinajstić information content (AvgIpc) is 3.20. The van der Waals surface area contributed by atoms with Crippen LogP contribution in [0.1, 0.15) is 19.5 Å². The number of nitrogens with zero attached hydrogens (tertiary/aromatic N) is 4. The topological polar surface area (TPSA) is 56.9 Å². The van der Waals surface area contributed by atoms with E-state index in [1.165, 1.54) is 11.8 Å². The van der Waals surface area contributed by atoms with Gasteiger partial charge < -0.3 is 14.7 Å². The zero-order valence-electron chi connectivity index (χ0n) is 16.6. The minimum atomic E-state index is -4.20. The molecular formula is C20H26F3N5O. The van der Waals surface area contributed by atoms with Crippen LogP contribution < -0.4 is 5.32 Å². The monoisotopic (exact) mass is 409 g/mol. The number of benzene rings is 1. The van der Waals surface area contributed by atoms with Gasteiger partial charge in [-0.05, 0) is 13.8 Å². The highest BCUT2D eigenvalue weighted by molar-refractivity contribution is 5.80. The Kier molecular flexibility index (Phi) is 6.79. The summed E-state index contributed by atoms with van der Waals surface area (Å²) in [4.78, 5) is 8.05. The first-order valence-corrected chi connectivity index (χ1v) is 9.73. The lowest BCUT2D eigenvalue weighted by molar-refractivity contribution is -0.181. The standard InChI is InChI=1S/C20H26F3N5O/c1-3-24-19(28-11-9-27(10-12-28)15(2)20(21,22)23)25-14-17-13-18(29-26-17)16-7-5-4-6-8-16/h4-8,13,15H,3,9-12,14H2,1-2H3,(H,24,25). The second kappa shape index (κ2) is 9.30. The summed E-state index contributed by atoms with van der Waals surface area (Å²) in [6, 6.07) is 10.1. The molecule has 1 aromatic heterocycles. The van der Waals surface area contributed by atoms with Crippen molar-refractivity contribution in [2.75, 3.05) is 32.7 Å². The number of hydrogen-bond acceptors (Lipinski definition) is 4. The number of nitrogens with one attached hydrogen (secondary N) is 1. The van der Waals surface area contributed by atoms with Crippen LogP contribution in [0.4, 0.5) is 13.2 Å². The van der Waals surface area contributed by atoms with Crippen molar-refractivity contribution in [2.45, 2.75) is 32.6 Å². The van der Waals surface area contributed by atoms with Gasteiger partial charge in [-0.15, -0.1) is 0 Å². The number of hydrogen-bond donors (Lipinski definition) is 1. The molecule has 158 valence electrons. The minimum absolute atomic E-state index is 0.331. The van der Waals surface area contributed by atoms with Crippen LogP contribution in [0.15, 0.2) is 45.9 Å². The molecule has 29 heavy (non-hydrogen) atoms. The van der Waals surface area contributed by atoms with Crippen molar-refractivity contribution in [3.8, 4) is 11.3 Å². The van der Waals surface area contributed by atoms with Gasteiger partial charge in [-0.25, -0.2) is 4.99 Å². The smallest absolute Gasteiger partial charge is 0.357 e. The summed E-state index contributed by atoms with van der Waals surface area (Å²) in [6.07, 6.45) is -4.20. The summed E-state index contributed by atoms with van der Waals surface area (Å²) < 4.78 is 44.2. The minimum Gasteiger partial charge on any atom is -0.357 e. The van der Waals surface area contributed by atoms with E-state index in [1.807, 2.05) is 48.2 Å². The number of halogens is 3. The molecule has 0 aliphatic carbocycles. The predicted octanol–water partition coefficient (Wildman–Crippen LogP) is 3.38. The van der Waals surface area contributed by atoms with Crippen LogP contribution in [0, 0.1) is 0 Å². The molecule has 0 radical (unpaired) electrons. The van der Waals surface area contributed by atoms with Gasteiger partial charge in [-0.2, -0.15) is 13.2 Å². The molecule has 1 atom stereocenters. The highest BCUT2D eigenvalue weighted by atomic mass is 19.4. The Bertz CT molecular complexity index is 798. The SMILES string of the molecule is CCNC(=NCc1cc(-c2ccccc2)on1)N1CCN(C(C)C(F)(F)F)CC1. The third-order valence-electron chi connectivity index (χ3n) is 4.98. The zero-order chi connectivity index (χ0) is 20.9. The highest BCUT2D eigenvalue weighted by Crippen LogP contribution is 2.25. The van der Waals surface area contributed by atoms with Gasteiger partial charge in [0.1, 0.15) is 11.7 Å². The molecule has 1 fully saturated rings. The fourth-order valence-corrected chi connectivity index (χ4v) is 3.23. The fourth-order valence-electron chi connectivity index (χ4n) is 3.23. The van der Waals surface area contributed by atoms with Crippen molar-refractivity contribution in [3.63, 3.8) is 0 Å². The van der Waals surface area contributed by atoms with Crippen LogP contribution in [0.2, 0.25) is 0 Å². The molecule has 2 heterocycles. The number of alkyl halides is 3. The van der Waals surface area contributed by atoms with E-state index >= 15 is 0 Å². The van der Waals surface area contributed by atoms with E-state index in [2.05, 4.69) is 15.5 Å².